The van der Waals surface area contributed by atoms with E-state index in [9.17, 15) is 9.90 Å². The van der Waals surface area contributed by atoms with E-state index >= 15 is 0 Å². The molecule has 0 saturated heterocycles. The summed E-state index contributed by atoms with van der Waals surface area (Å²) in [4.78, 5) is 13.1. The van der Waals surface area contributed by atoms with Crippen LogP contribution >= 0.6 is 0 Å². The van der Waals surface area contributed by atoms with E-state index in [1.807, 2.05) is 115 Å². The molecule has 0 atom stereocenters. The Labute approximate surface area is 280 Å². The smallest absolute Gasteiger partial charge is 0.345 e. The highest BCUT2D eigenvalue weighted by atomic mass is 35.7. The van der Waals surface area contributed by atoms with Crippen LogP contribution in [0.5, 0.6) is 0 Å². The van der Waals surface area contributed by atoms with Gasteiger partial charge in [0, 0.05) is 23.3 Å². The molecule has 0 aliphatic rings. The summed E-state index contributed by atoms with van der Waals surface area (Å²) in [5, 5.41) is 10.7. The van der Waals surface area contributed by atoms with Crippen molar-refractivity contribution in [2.24, 2.45) is 0 Å². The summed E-state index contributed by atoms with van der Waals surface area (Å²) >= 11 is 0. The first kappa shape index (κ1) is 34.2. The lowest BCUT2D eigenvalue weighted by atomic mass is 9.86. The van der Waals surface area contributed by atoms with Crippen LogP contribution < -0.4 is 23.2 Å². The van der Waals surface area contributed by atoms with Crippen molar-refractivity contribution in [2.75, 3.05) is 6.61 Å². The number of rotatable bonds is 10. The third kappa shape index (κ3) is 8.39. The van der Waals surface area contributed by atoms with Crippen LogP contribution in [0, 0.1) is 10.2 Å². The average molecular weight is 662 g/mol. The minimum Gasteiger partial charge on any atom is -0.479 e. The molecule has 0 saturated carbocycles. The molecule has 242 valence electrons. The van der Waals surface area contributed by atoms with Gasteiger partial charge in [-0.2, -0.15) is 4.57 Å². The van der Waals surface area contributed by atoms with Crippen molar-refractivity contribution in [3.05, 3.63) is 175 Å². The van der Waals surface area contributed by atoms with Crippen molar-refractivity contribution in [1.82, 2.24) is 0 Å². The van der Waals surface area contributed by atoms with Crippen molar-refractivity contribution < 1.29 is 48.1 Å². The first-order chi connectivity index (χ1) is 23.2. The first-order valence-corrected chi connectivity index (χ1v) is 16.2. The van der Waals surface area contributed by atoms with Gasteiger partial charge in [0.15, 0.2) is 6.54 Å². The monoisotopic (exact) mass is 661 g/mol. The molecule has 9 heteroatoms. The van der Waals surface area contributed by atoms with Crippen molar-refractivity contribution in [3.63, 3.8) is 0 Å². The standard InChI is InChI=1S/C39H31NO3.ClHO4/c41-38(42)39(34-22-12-4-13-23-34,35-24-14-5-15-25-35)43-27-26-40-36(31-18-8-2-9-19-31)28-33(30-16-6-1-7-17-30)29-37(40)32-20-10-3-11-21-32;2-1(3,4)5/h1-25,28-29H,26-27H2;(H,2,3,4,5). The first-order valence-electron chi connectivity index (χ1n) is 15.0. The number of carboxylic acids is 1. The van der Waals surface area contributed by atoms with Crippen LogP contribution in [0.4, 0.5) is 0 Å². The second kappa shape index (κ2) is 15.6. The molecular formula is C39H32ClNO7. The number of halogens is 1. The summed E-state index contributed by atoms with van der Waals surface area (Å²) in [5.41, 5.74) is 5.87. The van der Waals surface area contributed by atoms with Gasteiger partial charge >= 0.3 is 5.97 Å². The van der Waals surface area contributed by atoms with E-state index in [1.54, 1.807) is 0 Å². The van der Waals surface area contributed by atoms with Gasteiger partial charge in [0.25, 0.3) is 0 Å². The molecule has 1 aromatic heterocycles. The SMILES string of the molecule is O=C(O)C(OCC[n+]1c(-c2ccccc2)cc(-c2ccccc2)cc1-c1ccccc1)(c1ccccc1)c1ccccc1.[O-][Cl+3]([O-])([O-])[O-]. The number of aliphatic carboxylic acids is 1. The number of hydrogen-bond donors (Lipinski definition) is 1. The van der Waals surface area contributed by atoms with Crippen molar-refractivity contribution >= 4 is 5.97 Å². The largest absolute Gasteiger partial charge is 0.479 e. The van der Waals surface area contributed by atoms with E-state index in [1.165, 1.54) is 0 Å². The van der Waals surface area contributed by atoms with Gasteiger partial charge in [-0.25, -0.2) is 23.4 Å². The number of carbonyl (C=O) groups is 1. The number of aromatic nitrogens is 1. The van der Waals surface area contributed by atoms with E-state index in [2.05, 4.69) is 53.1 Å². The highest BCUT2D eigenvalue weighted by Crippen LogP contribution is 2.35. The summed E-state index contributed by atoms with van der Waals surface area (Å²) in [5.74, 6) is -1.05. The van der Waals surface area contributed by atoms with E-state index in [4.69, 9.17) is 23.4 Å². The Morgan fingerprint density at radius 2 is 0.896 bits per heavy atom. The van der Waals surface area contributed by atoms with Gasteiger partial charge in [0.05, 0.1) is 0 Å². The Kier molecular flexibility index (Phi) is 11.1. The fraction of sp³-hybridized carbons (Fsp3) is 0.0769. The predicted octanol–water partition coefficient (Wildman–Crippen LogP) is 3.26. The molecule has 5 aromatic carbocycles. The maximum atomic E-state index is 13.1. The van der Waals surface area contributed by atoms with Crippen LogP contribution in [-0.4, -0.2) is 17.7 Å². The van der Waals surface area contributed by atoms with E-state index in [0.29, 0.717) is 17.7 Å². The van der Waals surface area contributed by atoms with Crippen molar-refractivity contribution in [3.8, 4) is 33.6 Å². The van der Waals surface area contributed by atoms with Crippen LogP contribution in [0.2, 0.25) is 0 Å². The van der Waals surface area contributed by atoms with Crippen LogP contribution in [-0.2, 0) is 21.7 Å². The zero-order valence-electron chi connectivity index (χ0n) is 25.7. The molecule has 0 aliphatic heterocycles. The van der Waals surface area contributed by atoms with Gasteiger partial charge in [-0.3, -0.25) is 0 Å². The Balaban J connectivity index is 0.000000840. The quantitative estimate of drug-likeness (QED) is 0.222. The third-order valence-electron chi connectivity index (χ3n) is 7.71. The number of ether oxygens (including phenoxy) is 1. The van der Waals surface area contributed by atoms with Crippen LogP contribution in [0.25, 0.3) is 33.6 Å². The molecule has 1 heterocycles. The molecule has 0 amide bonds. The number of benzene rings is 5. The van der Waals surface area contributed by atoms with Gasteiger partial charge in [-0.05, 0) is 46.5 Å². The average Bonchev–Trinajstić information content (AvgIpc) is 3.11. The minimum absolute atomic E-state index is 0.158. The van der Waals surface area contributed by atoms with Crippen molar-refractivity contribution in [1.29, 1.82) is 0 Å². The lowest BCUT2D eigenvalue weighted by Crippen LogP contribution is -2.68. The summed E-state index contributed by atoms with van der Waals surface area (Å²) in [7, 11) is -4.94. The lowest BCUT2D eigenvalue weighted by Gasteiger charge is -2.30. The summed E-state index contributed by atoms with van der Waals surface area (Å²) in [6.45, 7) is 0.587. The lowest BCUT2D eigenvalue weighted by molar-refractivity contribution is -2.00. The van der Waals surface area contributed by atoms with E-state index in [-0.39, 0.29) is 6.61 Å². The number of pyridine rings is 1. The molecule has 0 bridgehead atoms. The molecule has 0 unspecified atom stereocenters. The van der Waals surface area contributed by atoms with Gasteiger partial charge in [-0.1, -0.05) is 127 Å². The summed E-state index contributed by atoms with van der Waals surface area (Å²) in [6, 6.07) is 53.7. The molecule has 6 rings (SSSR count). The minimum atomic E-state index is -4.94. The molecule has 0 aliphatic carbocycles. The Morgan fingerprint density at radius 3 is 1.25 bits per heavy atom. The highest BCUT2D eigenvalue weighted by molar-refractivity contribution is 5.84. The topological polar surface area (TPSA) is 143 Å². The normalized spacial score (nSPS) is 11.3. The molecule has 0 fully saturated rings. The maximum Gasteiger partial charge on any atom is 0.345 e. The van der Waals surface area contributed by atoms with Crippen LogP contribution in [0.15, 0.2) is 164 Å². The Bertz CT molecular complexity index is 1800. The summed E-state index contributed by atoms with van der Waals surface area (Å²) in [6.07, 6.45) is 0. The summed E-state index contributed by atoms with van der Waals surface area (Å²) < 4.78 is 42.8. The fourth-order valence-electron chi connectivity index (χ4n) is 5.63. The second-order valence-electron chi connectivity index (χ2n) is 10.7. The number of carboxylic acid groups (broad SMARTS) is 1. The number of hydrogen-bond acceptors (Lipinski definition) is 6. The van der Waals surface area contributed by atoms with E-state index < -0.39 is 21.8 Å². The Hall–Kier alpha value is -5.19. The highest BCUT2D eigenvalue weighted by Gasteiger charge is 2.44. The van der Waals surface area contributed by atoms with Crippen LogP contribution in [0.1, 0.15) is 11.1 Å². The van der Waals surface area contributed by atoms with Gasteiger partial charge in [0.2, 0.25) is 17.0 Å². The van der Waals surface area contributed by atoms with Gasteiger partial charge < -0.3 is 9.84 Å². The zero-order chi connectivity index (χ0) is 34.0. The van der Waals surface area contributed by atoms with Gasteiger partial charge in [0.1, 0.15) is 6.61 Å². The molecule has 8 nitrogen and oxygen atoms in total. The maximum absolute atomic E-state index is 13.1. The molecule has 0 spiro atoms. The van der Waals surface area contributed by atoms with Crippen molar-refractivity contribution in [2.45, 2.75) is 12.1 Å². The molecular weight excluding hydrogens is 630 g/mol. The fourth-order valence-corrected chi connectivity index (χ4v) is 5.63. The zero-order valence-corrected chi connectivity index (χ0v) is 26.5. The molecule has 6 aromatic rings. The third-order valence-corrected chi connectivity index (χ3v) is 7.71. The Morgan fingerprint density at radius 1 is 0.562 bits per heavy atom. The van der Waals surface area contributed by atoms with E-state index in [0.717, 1.165) is 33.6 Å². The molecule has 0 radical (unpaired) electrons. The molecule has 1 N–H and O–H groups in total. The predicted molar refractivity (Wildman–Crippen MR) is 170 cm³/mol. The van der Waals surface area contributed by atoms with Crippen LogP contribution in [0.3, 0.4) is 0 Å². The van der Waals surface area contributed by atoms with Gasteiger partial charge in [-0.15, -0.1) is 10.2 Å². The second-order valence-corrected chi connectivity index (χ2v) is 11.5. The number of nitrogens with zero attached hydrogens (tertiary/aromatic N) is 1. The molecule has 48 heavy (non-hydrogen) atoms.